The average molecular weight is 443 g/mol. The predicted molar refractivity (Wildman–Crippen MR) is 123 cm³/mol. The van der Waals surface area contributed by atoms with Gasteiger partial charge in [0.05, 0.1) is 19.2 Å². The minimum absolute atomic E-state index is 0.0917. The van der Waals surface area contributed by atoms with Crippen LogP contribution in [-0.2, 0) is 9.53 Å². The number of methoxy groups -OCH3 is 1. The maximum Gasteiger partial charge on any atom is 0.310 e. The van der Waals surface area contributed by atoms with Crippen LogP contribution >= 0.6 is 0 Å². The van der Waals surface area contributed by atoms with Gasteiger partial charge in [-0.05, 0) is 50.6 Å². The quantitative estimate of drug-likeness (QED) is 0.660. The van der Waals surface area contributed by atoms with Crippen LogP contribution in [0.25, 0.3) is 0 Å². The third-order valence-corrected chi connectivity index (χ3v) is 6.38. The number of ether oxygens (including phenoxy) is 1. The zero-order valence-corrected chi connectivity index (χ0v) is 18.9. The summed E-state index contributed by atoms with van der Waals surface area (Å²) in [6, 6.07) is 5.94. The highest BCUT2D eigenvalue weighted by molar-refractivity contribution is 5.74. The van der Waals surface area contributed by atoms with Crippen molar-refractivity contribution in [3.8, 4) is 0 Å². The fourth-order valence-electron chi connectivity index (χ4n) is 4.53. The molecule has 2 aromatic rings. The molecule has 172 valence electrons. The number of carbonyl (C=O) groups excluding carboxylic acids is 1. The number of likely N-dealkylation sites (N-methyl/N-ethyl adjacent to an activating group) is 1. The molecule has 2 fully saturated rings. The van der Waals surface area contributed by atoms with Crippen molar-refractivity contribution in [2.75, 3.05) is 55.9 Å². The van der Waals surface area contributed by atoms with Crippen LogP contribution in [0.3, 0.4) is 0 Å². The largest absolute Gasteiger partial charge is 0.469 e. The van der Waals surface area contributed by atoms with E-state index < -0.39 is 5.82 Å². The predicted octanol–water partition coefficient (Wildman–Crippen LogP) is 3.17. The Kier molecular flexibility index (Phi) is 6.74. The second kappa shape index (κ2) is 9.68. The average Bonchev–Trinajstić information content (AvgIpc) is 3.25. The Balaban J connectivity index is 1.46. The monoisotopic (exact) mass is 442 g/mol. The van der Waals surface area contributed by atoms with Crippen LogP contribution in [0.15, 0.2) is 24.4 Å². The summed E-state index contributed by atoms with van der Waals surface area (Å²) >= 11 is 0. The molecule has 0 unspecified atom stereocenters. The lowest BCUT2D eigenvalue weighted by atomic mass is 10.0. The number of hydrogen-bond acceptors (Lipinski definition) is 8. The summed E-state index contributed by atoms with van der Waals surface area (Å²) in [5, 5.41) is 6.26. The Morgan fingerprint density at radius 2 is 2.00 bits per heavy atom. The molecule has 0 amide bonds. The maximum atomic E-state index is 14.4. The molecule has 1 aromatic carbocycles. The smallest absolute Gasteiger partial charge is 0.310 e. The summed E-state index contributed by atoms with van der Waals surface area (Å²) in [6.07, 6.45) is 3.51. The lowest BCUT2D eigenvalue weighted by Crippen LogP contribution is -2.44. The summed E-state index contributed by atoms with van der Waals surface area (Å²) in [5.74, 6) is -0.728. The SMILES string of the molecule is COC(=O)[C@@H]1CCC[C@@H]1Nc1nc(Nc2ccc(N3CCN(C)CC3)c(C)c2)ncc1F. The van der Waals surface area contributed by atoms with Crippen LogP contribution < -0.4 is 15.5 Å². The van der Waals surface area contributed by atoms with Crippen LogP contribution in [0.5, 0.6) is 0 Å². The van der Waals surface area contributed by atoms with Gasteiger partial charge in [-0.25, -0.2) is 9.37 Å². The second-order valence-corrected chi connectivity index (χ2v) is 8.62. The van der Waals surface area contributed by atoms with E-state index in [0.717, 1.165) is 62.9 Å². The lowest BCUT2D eigenvalue weighted by Gasteiger charge is -2.35. The number of hydrogen-bond donors (Lipinski definition) is 2. The van der Waals surface area contributed by atoms with E-state index >= 15 is 0 Å². The summed E-state index contributed by atoms with van der Waals surface area (Å²) in [5.41, 5.74) is 3.22. The van der Waals surface area contributed by atoms with Crippen molar-refractivity contribution in [3.63, 3.8) is 0 Å². The van der Waals surface area contributed by atoms with Crippen LogP contribution in [0, 0.1) is 18.7 Å². The van der Waals surface area contributed by atoms with E-state index in [1.807, 2.05) is 6.07 Å². The molecular formula is C23H31FN6O2. The van der Waals surface area contributed by atoms with Crippen LogP contribution in [0.4, 0.5) is 27.5 Å². The van der Waals surface area contributed by atoms with Crippen molar-refractivity contribution < 1.29 is 13.9 Å². The van der Waals surface area contributed by atoms with E-state index in [1.54, 1.807) is 0 Å². The molecule has 1 saturated heterocycles. The fourth-order valence-corrected chi connectivity index (χ4v) is 4.53. The molecule has 1 aliphatic heterocycles. The number of piperazine rings is 1. The van der Waals surface area contributed by atoms with Gasteiger partial charge < -0.3 is 25.2 Å². The van der Waals surface area contributed by atoms with Crippen molar-refractivity contribution in [2.24, 2.45) is 5.92 Å². The molecule has 1 aliphatic carbocycles. The van der Waals surface area contributed by atoms with E-state index in [0.29, 0.717) is 5.95 Å². The van der Waals surface area contributed by atoms with Gasteiger partial charge >= 0.3 is 5.97 Å². The summed E-state index contributed by atoms with van der Waals surface area (Å²) in [6.45, 7) is 6.21. The normalized spacial score (nSPS) is 21.4. The molecule has 2 N–H and O–H groups in total. The molecule has 32 heavy (non-hydrogen) atoms. The first-order chi connectivity index (χ1) is 15.4. The molecule has 0 spiro atoms. The zero-order valence-electron chi connectivity index (χ0n) is 18.9. The summed E-state index contributed by atoms with van der Waals surface area (Å²) in [7, 11) is 3.52. The number of nitrogens with one attached hydrogen (secondary N) is 2. The fraction of sp³-hybridized carbons (Fsp3) is 0.522. The molecule has 0 bridgehead atoms. The highest BCUT2D eigenvalue weighted by atomic mass is 19.1. The highest BCUT2D eigenvalue weighted by Crippen LogP contribution is 2.30. The van der Waals surface area contributed by atoms with E-state index in [9.17, 15) is 9.18 Å². The topological polar surface area (TPSA) is 82.6 Å². The van der Waals surface area contributed by atoms with Crippen LogP contribution in [-0.4, -0.2) is 67.2 Å². The first-order valence-electron chi connectivity index (χ1n) is 11.1. The van der Waals surface area contributed by atoms with E-state index in [1.165, 1.54) is 12.8 Å². The molecule has 4 rings (SSSR count). The first-order valence-corrected chi connectivity index (χ1v) is 11.1. The summed E-state index contributed by atoms with van der Waals surface area (Å²) in [4.78, 5) is 25.1. The van der Waals surface area contributed by atoms with Crippen molar-refractivity contribution in [1.29, 1.82) is 0 Å². The third-order valence-electron chi connectivity index (χ3n) is 6.38. The van der Waals surface area contributed by atoms with Gasteiger partial charge in [0, 0.05) is 43.6 Å². The van der Waals surface area contributed by atoms with Gasteiger partial charge in [0.15, 0.2) is 11.6 Å². The summed E-state index contributed by atoms with van der Waals surface area (Å²) < 4.78 is 19.3. The number of anilines is 4. The number of esters is 1. The lowest BCUT2D eigenvalue weighted by molar-refractivity contribution is -0.145. The molecular weight excluding hydrogens is 411 g/mol. The second-order valence-electron chi connectivity index (χ2n) is 8.62. The van der Waals surface area contributed by atoms with Gasteiger partial charge in [-0.1, -0.05) is 6.42 Å². The van der Waals surface area contributed by atoms with Crippen molar-refractivity contribution in [2.45, 2.75) is 32.2 Å². The Morgan fingerprint density at radius 3 is 2.72 bits per heavy atom. The van der Waals surface area contributed by atoms with Crippen molar-refractivity contribution >= 4 is 29.1 Å². The molecule has 2 atom stereocenters. The van der Waals surface area contributed by atoms with Gasteiger partial charge in [0.2, 0.25) is 5.95 Å². The first kappa shape index (κ1) is 22.3. The Morgan fingerprint density at radius 1 is 1.22 bits per heavy atom. The van der Waals surface area contributed by atoms with Crippen molar-refractivity contribution in [3.05, 3.63) is 35.8 Å². The molecule has 8 nitrogen and oxygen atoms in total. The standard InChI is InChI=1S/C23H31FN6O2/c1-15-13-16(7-8-20(15)30-11-9-29(2)10-12-30)26-23-25-14-18(24)21(28-23)27-19-6-4-5-17(19)22(31)32-3/h7-8,13-14,17,19H,4-6,9-12H2,1-3H3,(H2,25,26,27,28)/t17-,19+/m1/s1. The number of aryl methyl sites for hydroxylation is 1. The Bertz CT molecular complexity index is 963. The third kappa shape index (κ3) is 4.93. The Hall–Kier alpha value is -2.94. The molecule has 0 radical (unpaired) electrons. The molecule has 1 aromatic heterocycles. The minimum Gasteiger partial charge on any atom is -0.469 e. The number of carbonyl (C=O) groups is 1. The molecule has 9 heteroatoms. The molecule has 2 heterocycles. The number of aromatic nitrogens is 2. The van der Waals surface area contributed by atoms with E-state index in [-0.39, 0.29) is 23.7 Å². The van der Waals surface area contributed by atoms with Crippen LogP contribution in [0.2, 0.25) is 0 Å². The number of benzene rings is 1. The number of nitrogens with zero attached hydrogens (tertiary/aromatic N) is 4. The van der Waals surface area contributed by atoms with Gasteiger partial charge in [-0.15, -0.1) is 0 Å². The minimum atomic E-state index is -0.548. The number of rotatable bonds is 6. The number of halogens is 1. The van der Waals surface area contributed by atoms with E-state index in [4.69, 9.17) is 4.74 Å². The Labute approximate surface area is 188 Å². The van der Waals surface area contributed by atoms with Gasteiger partial charge in [0.25, 0.3) is 0 Å². The molecule has 1 saturated carbocycles. The van der Waals surface area contributed by atoms with Gasteiger partial charge in [-0.3, -0.25) is 4.79 Å². The maximum absolute atomic E-state index is 14.4. The van der Waals surface area contributed by atoms with Gasteiger partial charge in [-0.2, -0.15) is 4.98 Å². The van der Waals surface area contributed by atoms with Crippen LogP contribution in [0.1, 0.15) is 24.8 Å². The highest BCUT2D eigenvalue weighted by Gasteiger charge is 2.34. The van der Waals surface area contributed by atoms with Crippen molar-refractivity contribution in [1.82, 2.24) is 14.9 Å². The van der Waals surface area contributed by atoms with Gasteiger partial charge in [0.1, 0.15) is 0 Å². The van der Waals surface area contributed by atoms with E-state index in [2.05, 4.69) is 56.5 Å². The zero-order chi connectivity index (χ0) is 22.7. The molecule has 2 aliphatic rings.